The summed E-state index contributed by atoms with van der Waals surface area (Å²) in [4.78, 5) is 12.5. The summed E-state index contributed by atoms with van der Waals surface area (Å²) in [6.07, 6.45) is 1.76. The SMILES string of the molecule is CCc1cccc(CC)c1NC(=O)CSc1nnnn1Cc1ccccc1. The van der Waals surface area contributed by atoms with E-state index in [1.165, 1.54) is 11.8 Å². The fourth-order valence-electron chi connectivity index (χ4n) is 2.86. The first-order valence-corrected chi connectivity index (χ1v) is 10.0. The minimum atomic E-state index is -0.0511. The lowest BCUT2D eigenvalue weighted by molar-refractivity contribution is -0.113. The van der Waals surface area contributed by atoms with Gasteiger partial charge in [-0.2, -0.15) is 0 Å². The number of hydrogen-bond donors (Lipinski definition) is 1. The summed E-state index contributed by atoms with van der Waals surface area (Å²) < 4.78 is 1.71. The molecule has 0 atom stereocenters. The number of para-hydroxylation sites is 1. The smallest absolute Gasteiger partial charge is 0.234 e. The Morgan fingerprint density at radius 1 is 1.04 bits per heavy atom. The summed E-state index contributed by atoms with van der Waals surface area (Å²) in [5.41, 5.74) is 4.36. The highest BCUT2D eigenvalue weighted by Crippen LogP contribution is 2.23. The molecular formula is C20H23N5OS. The lowest BCUT2D eigenvalue weighted by atomic mass is 10.0. The number of nitrogens with one attached hydrogen (secondary N) is 1. The van der Waals surface area contributed by atoms with Gasteiger partial charge in [-0.25, -0.2) is 4.68 Å². The number of carbonyl (C=O) groups excluding carboxylic acids is 1. The van der Waals surface area contributed by atoms with Crippen LogP contribution in [0.5, 0.6) is 0 Å². The summed E-state index contributed by atoms with van der Waals surface area (Å²) in [6.45, 7) is 4.77. The standard InChI is InChI=1S/C20H23N5OS/c1-3-16-11-8-12-17(4-2)19(16)21-18(26)14-27-20-22-23-24-25(20)13-15-9-6-5-7-10-15/h5-12H,3-4,13-14H2,1-2H3,(H,21,26). The summed E-state index contributed by atoms with van der Waals surface area (Å²) in [7, 11) is 0. The number of hydrogen-bond acceptors (Lipinski definition) is 5. The molecule has 1 heterocycles. The average molecular weight is 382 g/mol. The van der Waals surface area contributed by atoms with Crippen LogP contribution < -0.4 is 5.32 Å². The summed E-state index contributed by atoms with van der Waals surface area (Å²) in [5, 5.41) is 15.5. The Bertz CT molecular complexity index is 872. The predicted molar refractivity (Wildman–Crippen MR) is 108 cm³/mol. The summed E-state index contributed by atoms with van der Waals surface area (Å²) in [5.74, 6) is 0.209. The zero-order valence-electron chi connectivity index (χ0n) is 15.6. The Labute approximate surface area is 163 Å². The van der Waals surface area contributed by atoms with Crippen LogP contribution in [-0.4, -0.2) is 31.9 Å². The van der Waals surface area contributed by atoms with E-state index in [-0.39, 0.29) is 11.7 Å². The highest BCUT2D eigenvalue weighted by molar-refractivity contribution is 7.99. The van der Waals surface area contributed by atoms with Crippen LogP contribution in [0, 0.1) is 0 Å². The number of nitrogens with zero attached hydrogens (tertiary/aromatic N) is 4. The van der Waals surface area contributed by atoms with Gasteiger partial charge >= 0.3 is 0 Å². The number of benzene rings is 2. The fraction of sp³-hybridized carbons (Fsp3) is 0.300. The third kappa shape index (κ3) is 4.95. The molecule has 0 saturated heterocycles. The Morgan fingerprint density at radius 3 is 2.41 bits per heavy atom. The van der Waals surface area contributed by atoms with Crippen molar-refractivity contribution < 1.29 is 4.79 Å². The van der Waals surface area contributed by atoms with E-state index in [2.05, 4.69) is 46.8 Å². The molecular weight excluding hydrogens is 358 g/mol. The van der Waals surface area contributed by atoms with Gasteiger partial charge in [0.1, 0.15) is 0 Å². The molecule has 0 fully saturated rings. The third-order valence-electron chi connectivity index (χ3n) is 4.27. The molecule has 2 aromatic carbocycles. The number of aryl methyl sites for hydroxylation is 2. The van der Waals surface area contributed by atoms with Gasteiger partial charge in [0.15, 0.2) is 0 Å². The second kappa shape index (κ2) is 9.32. The zero-order valence-corrected chi connectivity index (χ0v) is 16.4. The normalized spacial score (nSPS) is 10.7. The van der Waals surface area contributed by atoms with Crippen molar-refractivity contribution in [3.05, 3.63) is 65.2 Å². The first kappa shape index (κ1) is 19.1. The Balaban J connectivity index is 1.63. The molecule has 0 saturated carbocycles. The largest absolute Gasteiger partial charge is 0.325 e. The van der Waals surface area contributed by atoms with Gasteiger partial charge in [0, 0.05) is 5.69 Å². The fourth-order valence-corrected chi connectivity index (χ4v) is 3.54. The predicted octanol–water partition coefficient (Wildman–Crippen LogP) is 3.58. The maximum Gasteiger partial charge on any atom is 0.234 e. The highest BCUT2D eigenvalue weighted by atomic mass is 32.2. The second-order valence-corrected chi connectivity index (χ2v) is 7.04. The van der Waals surface area contributed by atoms with Crippen LogP contribution >= 0.6 is 11.8 Å². The van der Waals surface area contributed by atoms with Crippen LogP contribution in [0.1, 0.15) is 30.5 Å². The molecule has 0 unspecified atom stereocenters. The maximum atomic E-state index is 12.5. The van der Waals surface area contributed by atoms with Crippen LogP contribution in [0.15, 0.2) is 53.7 Å². The van der Waals surface area contributed by atoms with E-state index in [0.29, 0.717) is 11.7 Å². The molecule has 140 valence electrons. The van der Waals surface area contributed by atoms with Crippen molar-refractivity contribution in [3.63, 3.8) is 0 Å². The Kier molecular flexibility index (Phi) is 6.59. The van der Waals surface area contributed by atoms with Gasteiger partial charge in [-0.1, -0.05) is 74.1 Å². The van der Waals surface area contributed by atoms with Crippen molar-refractivity contribution in [1.29, 1.82) is 0 Å². The van der Waals surface area contributed by atoms with E-state index in [4.69, 9.17) is 0 Å². The molecule has 1 aromatic heterocycles. The molecule has 0 aliphatic carbocycles. The van der Waals surface area contributed by atoms with E-state index in [0.717, 1.165) is 35.2 Å². The highest BCUT2D eigenvalue weighted by Gasteiger charge is 2.13. The molecule has 27 heavy (non-hydrogen) atoms. The van der Waals surface area contributed by atoms with Gasteiger partial charge in [-0.05, 0) is 40.0 Å². The molecule has 1 amide bonds. The first-order chi connectivity index (χ1) is 13.2. The molecule has 3 rings (SSSR count). The van der Waals surface area contributed by atoms with Crippen molar-refractivity contribution in [2.75, 3.05) is 11.1 Å². The van der Waals surface area contributed by atoms with Gasteiger partial charge in [0.2, 0.25) is 11.1 Å². The molecule has 6 nitrogen and oxygen atoms in total. The first-order valence-electron chi connectivity index (χ1n) is 9.04. The Hall–Kier alpha value is -2.67. The van der Waals surface area contributed by atoms with Gasteiger partial charge < -0.3 is 5.32 Å². The molecule has 0 aliphatic rings. The van der Waals surface area contributed by atoms with Gasteiger partial charge in [0.25, 0.3) is 0 Å². The minimum Gasteiger partial charge on any atom is -0.325 e. The van der Waals surface area contributed by atoms with E-state index in [1.54, 1.807) is 4.68 Å². The number of carbonyl (C=O) groups is 1. The second-order valence-electron chi connectivity index (χ2n) is 6.10. The van der Waals surface area contributed by atoms with Crippen molar-refractivity contribution in [2.24, 2.45) is 0 Å². The van der Waals surface area contributed by atoms with Gasteiger partial charge in [-0.3, -0.25) is 4.79 Å². The van der Waals surface area contributed by atoms with Gasteiger partial charge in [-0.15, -0.1) is 5.10 Å². The topological polar surface area (TPSA) is 72.7 Å². The van der Waals surface area contributed by atoms with Crippen molar-refractivity contribution in [1.82, 2.24) is 20.2 Å². The number of rotatable bonds is 8. The van der Waals surface area contributed by atoms with Crippen molar-refractivity contribution >= 4 is 23.4 Å². The number of tetrazole rings is 1. The quantitative estimate of drug-likeness (QED) is 0.604. The van der Waals surface area contributed by atoms with Crippen molar-refractivity contribution in [3.8, 4) is 0 Å². The number of thioether (sulfide) groups is 1. The van der Waals surface area contributed by atoms with Crippen LogP contribution in [0.2, 0.25) is 0 Å². The molecule has 0 bridgehead atoms. The molecule has 1 N–H and O–H groups in total. The van der Waals surface area contributed by atoms with Crippen LogP contribution in [-0.2, 0) is 24.2 Å². The number of anilines is 1. The minimum absolute atomic E-state index is 0.0511. The van der Waals surface area contributed by atoms with E-state index in [9.17, 15) is 4.79 Å². The maximum absolute atomic E-state index is 12.5. The zero-order chi connectivity index (χ0) is 19.1. The molecule has 7 heteroatoms. The molecule has 0 radical (unpaired) electrons. The lowest BCUT2D eigenvalue weighted by Crippen LogP contribution is -2.17. The summed E-state index contributed by atoms with van der Waals surface area (Å²) in [6, 6.07) is 16.1. The monoisotopic (exact) mass is 381 g/mol. The van der Waals surface area contributed by atoms with Crippen LogP contribution in [0.25, 0.3) is 0 Å². The molecule has 0 aliphatic heterocycles. The lowest BCUT2D eigenvalue weighted by Gasteiger charge is -2.14. The van der Waals surface area contributed by atoms with E-state index in [1.807, 2.05) is 36.4 Å². The van der Waals surface area contributed by atoms with Crippen LogP contribution in [0.3, 0.4) is 0 Å². The molecule has 0 spiro atoms. The molecule has 3 aromatic rings. The Morgan fingerprint density at radius 2 is 1.74 bits per heavy atom. The van der Waals surface area contributed by atoms with E-state index < -0.39 is 0 Å². The summed E-state index contributed by atoms with van der Waals surface area (Å²) >= 11 is 1.34. The third-order valence-corrected chi connectivity index (χ3v) is 5.23. The van der Waals surface area contributed by atoms with Crippen molar-refractivity contribution in [2.45, 2.75) is 38.4 Å². The van der Waals surface area contributed by atoms with Crippen LogP contribution in [0.4, 0.5) is 5.69 Å². The van der Waals surface area contributed by atoms with Gasteiger partial charge in [0.05, 0.1) is 12.3 Å². The van der Waals surface area contributed by atoms with E-state index >= 15 is 0 Å². The average Bonchev–Trinajstić information content (AvgIpc) is 3.14. The number of aromatic nitrogens is 4. The number of amides is 1.